The zero-order chi connectivity index (χ0) is 15.4. The Morgan fingerprint density at radius 2 is 2.19 bits per heavy atom. The van der Waals surface area contributed by atoms with Gasteiger partial charge < -0.3 is 4.90 Å². The molecule has 3 unspecified atom stereocenters. The Labute approximate surface area is 136 Å². The molecule has 0 aromatic carbocycles. The molecule has 1 saturated heterocycles. The number of hydrogen-bond donors (Lipinski definition) is 1. The molecule has 3 atom stereocenters. The predicted octanol–water partition coefficient (Wildman–Crippen LogP) is 3.80. The Morgan fingerprint density at radius 1 is 1.43 bits per heavy atom. The highest BCUT2D eigenvalue weighted by Crippen LogP contribution is 2.34. The zero-order valence-electron chi connectivity index (χ0n) is 13.4. The SMILES string of the molecule is CCCC1NC(c2ccc(C)s2)N(C(CC)CSC)C1=O. The summed E-state index contributed by atoms with van der Waals surface area (Å²) >= 11 is 3.62. The van der Waals surface area contributed by atoms with Crippen molar-refractivity contribution in [2.24, 2.45) is 0 Å². The largest absolute Gasteiger partial charge is 0.317 e. The van der Waals surface area contributed by atoms with Crippen molar-refractivity contribution in [1.29, 1.82) is 0 Å². The smallest absolute Gasteiger partial charge is 0.241 e. The fourth-order valence-electron chi connectivity index (χ4n) is 2.94. The molecule has 1 aliphatic rings. The Morgan fingerprint density at radius 3 is 2.71 bits per heavy atom. The van der Waals surface area contributed by atoms with Crippen LogP contribution >= 0.6 is 23.1 Å². The lowest BCUT2D eigenvalue weighted by atomic mass is 10.1. The van der Waals surface area contributed by atoms with Gasteiger partial charge in [-0.15, -0.1) is 11.3 Å². The van der Waals surface area contributed by atoms with E-state index in [0.717, 1.165) is 25.0 Å². The van der Waals surface area contributed by atoms with E-state index in [2.05, 4.69) is 49.4 Å². The van der Waals surface area contributed by atoms with Crippen LogP contribution in [0.3, 0.4) is 0 Å². The molecule has 1 fully saturated rings. The molecule has 0 radical (unpaired) electrons. The molecule has 2 heterocycles. The van der Waals surface area contributed by atoms with Crippen molar-refractivity contribution >= 4 is 29.0 Å². The Kier molecular flexibility index (Phi) is 6.14. The van der Waals surface area contributed by atoms with Crippen LogP contribution in [0.1, 0.15) is 49.0 Å². The number of carbonyl (C=O) groups excluding carboxylic acids is 1. The van der Waals surface area contributed by atoms with Gasteiger partial charge in [0, 0.05) is 21.5 Å². The first-order valence-electron chi connectivity index (χ1n) is 7.75. The van der Waals surface area contributed by atoms with Gasteiger partial charge in [-0.3, -0.25) is 10.1 Å². The van der Waals surface area contributed by atoms with Crippen LogP contribution in [0.15, 0.2) is 12.1 Å². The van der Waals surface area contributed by atoms with Gasteiger partial charge >= 0.3 is 0 Å². The van der Waals surface area contributed by atoms with Crippen molar-refractivity contribution < 1.29 is 4.79 Å². The normalized spacial score (nSPS) is 23.8. The van der Waals surface area contributed by atoms with Gasteiger partial charge in [-0.05, 0) is 38.2 Å². The van der Waals surface area contributed by atoms with Gasteiger partial charge in [0.15, 0.2) is 0 Å². The second kappa shape index (κ2) is 7.65. The first-order chi connectivity index (χ1) is 10.1. The molecule has 1 aliphatic heterocycles. The van der Waals surface area contributed by atoms with Gasteiger partial charge in [0.2, 0.25) is 5.91 Å². The molecule has 0 bridgehead atoms. The average Bonchev–Trinajstić information content (AvgIpc) is 3.02. The molecule has 118 valence electrons. The molecule has 3 nitrogen and oxygen atoms in total. The molecule has 21 heavy (non-hydrogen) atoms. The number of nitrogens with one attached hydrogen (secondary N) is 1. The van der Waals surface area contributed by atoms with Gasteiger partial charge in [0.05, 0.1) is 6.04 Å². The summed E-state index contributed by atoms with van der Waals surface area (Å²) in [6.45, 7) is 6.44. The van der Waals surface area contributed by atoms with Crippen LogP contribution in [0.25, 0.3) is 0 Å². The monoisotopic (exact) mass is 326 g/mol. The highest BCUT2D eigenvalue weighted by molar-refractivity contribution is 7.98. The fraction of sp³-hybridized carbons (Fsp3) is 0.688. The maximum atomic E-state index is 12.8. The standard InChI is InChI=1S/C16H26N2OS2/c1-5-7-13-16(19)18(12(6-2)10-20-4)15(17-13)14-9-8-11(3)21-14/h8-9,12-13,15,17H,5-7,10H2,1-4H3. The van der Waals surface area contributed by atoms with Crippen LogP contribution in [0.5, 0.6) is 0 Å². The summed E-state index contributed by atoms with van der Waals surface area (Å²) in [4.78, 5) is 17.5. The predicted molar refractivity (Wildman–Crippen MR) is 92.9 cm³/mol. The second-order valence-electron chi connectivity index (χ2n) is 5.62. The first-order valence-corrected chi connectivity index (χ1v) is 9.96. The summed E-state index contributed by atoms with van der Waals surface area (Å²) in [6, 6.07) is 4.61. The van der Waals surface area contributed by atoms with Crippen molar-refractivity contribution in [3.63, 3.8) is 0 Å². The lowest BCUT2D eigenvalue weighted by Crippen LogP contribution is -2.41. The number of thioether (sulfide) groups is 1. The van der Waals surface area contributed by atoms with E-state index >= 15 is 0 Å². The highest BCUT2D eigenvalue weighted by Gasteiger charge is 2.42. The topological polar surface area (TPSA) is 32.3 Å². The van der Waals surface area contributed by atoms with Gasteiger partial charge in [-0.1, -0.05) is 20.3 Å². The maximum Gasteiger partial charge on any atom is 0.241 e. The zero-order valence-corrected chi connectivity index (χ0v) is 15.0. The summed E-state index contributed by atoms with van der Waals surface area (Å²) in [7, 11) is 0. The summed E-state index contributed by atoms with van der Waals surface area (Å²) in [5, 5.41) is 3.57. The van der Waals surface area contributed by atoms with Gasteiger partial charge in [-0.2, -0.15) is 11.8 Å². The van der Waals surface area contributed by atoms with Crippen molar-refractivity contribution in [3.8, 4) is 0 Å². The van der Waals surface area contributed by atoms with Gasteiger partial charge in [-0.25, -0.2) is 0 Å². The fourth-order valence-corrected chi connectivity index (χ4v) is 4.66. The van der Waals surface area contributed by atoms with E-state index in [4.69, 9.17) is 0 Å². The molecular weight excluding hydrogens is 300 g/mol. The minimum Gasteiger partial charge on any atom is -0.317 e. The molecule has 0 aliphatic carbocycles. The molecular formula is C16H26N2OS2. The molecule has 1 aromatic heterocycles. The highest BCUT2D eigenvalue weighted by atomic mass is 32.2. The third-order valence-corrected chi connectivity index (χ3v) is 5.79. The molecule has 1 amide bonds. The number of amides is 1. The summed E-state index contributed by atoms with van der Waals surface area (Å²) in [5.41, 5.74) is 0. The number of aryl methyl sites for hydroxylation is 1. The number of rotatable bonds is 7. The van der Waals surface area contributed by atoms with Crippen molar-refractivity contribution in [3.05, 3.63) is 21.9 Å². The summed E-state index contributed by atoms with van der Waals surface area (Å²) in [5.74, 6) is 1.29. The van der Waals surface area contributed by atoms with Crippen LogP contribution in [0.2, 0.25) is 0 Å². The lowest BCUT2D eigenvalue weighted by Gasteiger charge is -2.31. The minimum absolute atomic E-state index is 0.0155. The van der Waals surface area contributed by atoms with Gasteiger partial charge in [0.25, 0.3) is 0 Å². The number of hydrogen-bond acceptors (Lipinski definition) is 4. The van der Waals surface area contributed by atoms with E-state index in [9.17, 15) is 4.79 Å². The van der Waals surface area contributed by atoms with Crippen LogP contribution in [-0.2, 0) is 4.79 Å². The van der Waals surface area contributed by atoms with Crippen molar-refractivity contribution in [2.75, 3.05) is 12.0 Å². The first kappa shape index (κ1) is 16.8. The average molecular weight is 327 g/mol. The third-order valence-electron chi connectivity index (χ3n) is 4.02. The lowest BCUT2D eigenvalue weighted by molar-refractivity contribution is -0.132. The van der Waals surface area contributed by atoms with Crippen LogP contribution in [0.4, 0.5) is 0 Å². The Balaban J connectivity index is 2.28. The summed E-state index contributed by atoms with van der Waals surface area (Å²) < 4.78 is 0. The van der Waals surface area contributed by atoms with E-state index < -0.39 is 0 Å². The second-order valence-corrected chi connectivity index (χ2v) is 7.85. The van der Waals surface area contributed by atoms with E-state index in [0.29, 0.717) is 6.04 Å². The molecule has 1 N–H and O–H groups in total. The minimum atomic E-state index is -0.0155. The number of carbonyl (C=O) groups is 1. The molecule has 5 heteroatoms. The van der Waals surface area contributed by atoms with Crippen molar-refractivity contribution in [2.45, 2.75) is 58.3 Å². The molecule has 0 spiro atoms. The number of thiophene rings is 1. The van der Waals surface area contributed by atoms with Gasteiger partial charge in [0.1, 0.15) is 6.17 Å². The Hall–Kier alpha value is -0.520. The van der Waals surface area contributed by atoms with Crippen molar-refractivity contribution in [1.82, 2.24) is 10.2 Å². The third kappa shape index (κ3) is 3.63. The quantitative estimate of drug-likeness (QED) is 0.827. The van der Waals surface area contributed by atoms with E-state index in [1.165, 1.54) is 9.75 Å². The van der Waals surface area contributed by atoms with Crippen LogP contribution < -0.4 is 5.32 Å². The summed E-state index contributed by atoms with van der Waals surface area (Å²) in [6.07, 6.45) is 5.14. The molecule has 0 saturated carbocycles. The van der Waals surface area contributed by atoms with E-state index in [1.54, 1.807) is 11.3 Å². The number of nitrogens with zero attached hydrogens (tertiary/aromatic N) is 1. The maximum absolute atomic E-state index is 12.8. The van der Waals surface area contributed by atoms with Crippen LogP contribution in [-0.4, -0.2) is 34.9 Å². The van der Waals surface area contributed by atoms with Crippen LogP contribution in [0, 0.1) is 6.92 Å². The Bertz CT molecular complexity index is 475. The molecule has 2 rings (SSSR count). The van der Waals surface area contributed by atoms with E-state index in [1.807, 2.05) is 11.8 Å². The molecule has 1 aromatic rings. The van der Waals surface area contributed by atoms with E-state index in [-0.39, 0.29) is 18.1 Å².